The zero-order valence-electron chi connectivity index (χ0n) is 17.6. The topological polar surface area (TPSA) is 93.2 Å². The number of benzene rings is 3. The Kier molecular flexibility index (Phi) is 6.04. The Bertz CT molecular complexity index is 1430. The van der Waals surface area contributed by atoms with Gasteiger partial charge in [0.2, 0.25) is 5.88 Å². The summed E-state index contributed by atoms with van der Waals surface area (Å²) in [6.07, 6.45) is 0.780. The summed E-state index contributed by atoms with van der Waals surface area (Å²) in [4.78, 5) is 4.83. The summed E-state index contributed by atoms with van der Waals surface area (Å²) >= 11 is 0. The van der Waals surface area contributed by atoms with Crippen LogP contribution < -0.4 is 4.74 Å². The summed E-state index contributed by atoms with van der Waals surface area (Å²) < 4.78 is 32.5. The van der Waals surface area contributed by atoms with Crippen molar-refractivity contribution < 1.29 is 18.3 Å². The van der Waals surface area contributed by atoms with Crippen LogP contribution in [-0.2, 0) is 16.9 Å². The van der Waals surface area contributed by atoms with Crippen molar-refractivity contribution in [2.75, 3.05) is 7.11 Å². The second-order valence-corrected chi connectivity index (χ2v) is 7.64. The van der Waals surface area contributed by atoms with E-state index in [1.807, 2.05) is 61.5 Å². The van der Waals surface area contributed by atoms with Gasteiger partial charge in [-0.25, -0.2) is 4.99 Å². The highest BCUT2D eigenvalue weighted by Gasteiger charge is 2.23. The maximum Gasteiger partial charge on any atom is 0.333 e. The maximum absolute atomic E-state index is 11.3. The number of aromatic hydroxyl groups is 1. The van der Waals surface area contributed by atoms with Crippen LogP contribution >= 0.6 is 0 Å². The molecule has 0 aliphatic carbocycles. The molecule has 0 spiro atoms. The van der Waals surface area contributed by atoms with Crippen LogP contribution in [0.1, 0.15) is 23.6 Å². The van der Waals surface area contributed by atoms with Crippen LogP contribution in [0.4, 0.5) is 5.69 Å². The summed E-state index contributed by atoms with van der Waals surface area (Å²) in [5.41, 5.74) is 3.83. The van der Waals surface area contributed by atoms with Crippen molar-refractivity contribution in [2.45, 2.75) is 13.3 Å². The summed E-state index contributed by atoms with van der Waals surface area (Å²) in [5.74, 6) is 0.405. The second-order valence-electron chi connectivity index (χ2n) is 7.04. The lowest BCUT2D eigenvalue weighted by Crippen LogP contribution is -2.03. The smallest absolute Gasteiger partial charge is 0.333 e. The number of methoxy groups -OCH3 is 1. The van der Waals surface area contributed by atoms with Crippen LogP contribution in [0.25, 0.3) is 10.9 Å². The van der Waals surface area contributed by atoms with Gasteiger partial charge in [0.05, 0.1) is 29.6 Å². The molecular weight excluding hydrogens is 426 g/mol. The molecule has 0 saturated heterocycles. The zero-order valence-corrected chi connectivity index (χ0v) is 18.4. The lowest BCUT2D eigenvalue weighted by molar-refractivity contribution is 0.415. The molecule has 1 aromatic heterocycles. The van der Waals surface area contributed by atoms with Crippen molar-refractivity contribution in [1.82, 2.24) is 4.68 Å². The Morgan fingerprint density at radius 1 is 1.03 bits per heavy atom. The molecule has 0 bridgehead atoms. The second kappa shape index (κ2) is 9.07. The highest BCUT2D eigenvalue weighted by molar-refractivity contribution is 7.61. The van der Waals surface area contributed by atoms with Gasteiger partial charge in [0.1, 0.15) is 5.75 Å². The van der Waals surface area contributed by atoms with Gasteiger partial charge in [-0.15, -0.1) is 0 Å². The lowest BCUT2D eigenvalue weighted by atomic mass is 9.99. The minimum atomic E-state index is -2.75. The summed E-state index contributed by atoms with van der Waals surface area (Å²) in [5, 5.41) is 11.8. The third-order valence-electron chi connectivity index (χ3n) is 5.14. The molecule has 0 amide bonds. The quantitative estimate of drug-likeness (QED) is 0.425. The van der Waals surface area contributed by atoms with Gasteiger partial charge in [-0.1, -0.05) is 43.3 Å². The Labute approximate surface area is 186 Å². The van der Waals surface area contributed by atoms with Crippen molar-refractivity contribution in [3.63, 3.8) is 0 Å². The van der Waals surface area contributed by atoms with Gasteiger partial charge in [0.15, 0.2) is 0 Å². The predicted molar refractivity (Wildman–Crippen MR) is 124 cm³/mol. The molecule has 0 radical (unpaired) electrons. The molecule has 8 heteroatoms. The van der Waals surface area contributed by atoms with E-state index in [0.717, 1.165) is 22.2 Å². The molecule has 32 heavy (non-hydrogen) atoms. The van der Waals surface area contributed by atoms with Crippen LogP contribution in [0.5, 0.6) is 11.6 Å². The van der Waals surface area contributed by atoms with Crippen molar-refractivity contribution in [2.24, 2.45) is 9.46 Å². The number of rotatable bonds is 6. The van der Waals surface area contributed by atoms with Gasteiger partial charge < -0.3 is 9.84 Å². The first kappa shape index (κ1) is 21.3. The first-order valence-corrected chi connectivity index (χ1v) is 11.0. The molecule has 162 valence electrons. The fourth-order valence-electron chi connectivity index (χ4n) is 3.56. The normalized spacial score (nSPS) is 11.5. The minimum Gasteiger partial charge on any atom is -0.497 e. The molecule has 0 unspecified atom stereocenters. The number of nitrogens with zero attached hydrogens (tertiary/aromatic N) is 3. The lowest BCUT2D eigenvalue weighted by Gasteiger charge is -2.08. The van der Waals surface area contributed by atoms with E-state index in [1.165, 1.54) is 0 Å². The number of hydrogen-bond donors (Lipinski definition) is 1. The first-order valence-electron chi connectivity index (χ1n) is 9.98. The van der Waals surface area contributed by atoms with Crippen LogP contribution in [0, 0.1) is 0 Å². The molecular formula is C24H21N3O4S. The van der Waals surface area contributed by atoms with E-state index >= 15 is 0 Å². The van der Waals surface area contributed by atoms with E-state index < -0.39 is 10.5 Å². The van der Waals surface area contributed by atoms with Crippen molar-refractivity contribution >= 4 is 32.8 Å². The maximum atomic E-state index is 11.3. The number of fused-ring (bicyclic) bond motifs is 1. The first-order chi connectivity index (χ1) is 15.5. The molecule has 0 aliphatic rings. The van der Waals surface area contributed by atoms with E-state index in [9.17, 15) is 13.5 Å². The molecule has 7 nitrogen and oxygen atoms in total. The molecule has 1 N–H and O–H groups in total. The predicted octanol–water partition coefficient (Wildman–Crippen LogP) is 4.91. The highest BCUT2D eigenvalue weighted by Crippen LogP contribution is 2.35. The largest absolute Gasteiger partial charge is 0.497 e. The number of hydrogen-bond acceptors (Lipinski definition) is 6. The van der Waals surface area contributed by atoms with Crippen molar-refractivity contribution in [3.05, 3.63) is 89.5 Å². The highest BCUT2D eigenvalue weighted by atomic mass is 32.2. The molecule has 0 atom stereocenters. The van der Waals surface area contributed by atoms with Crippen LogP contribution in [0.15, 0.2) is 82.3 Å². The van der Waals surface area contributed by atoms with Gasteiger partial charge in [0, 0.05) is 10.9 Å². The number of aryl methyl sites for hydroxylation is 1. The van der Waals surface area contributed by atoms with E-state index in [2.05, 4.69) is 4.47 Å². The molecule has 4 rings (SSSR count). The molecule has 0 fully saturated rings. The van der Waals surface area contributed by atoms with E-state index in [1.54, 1.807) is 25.3 Å². The zero-order chi connectivity index (χ0) is 22.7. The summed E-state index contributed by atoms with van der Waals surface area (Å²) in [6.45, 7) is 2.03. The van der Waals surface area contributed by atoms with Gasteiger partial charge in [-0.05, 0) is 52.9 Å². The van der Waals surface area contributed by atoms with Crippen molar-refractivity contribution in [1.29, 1.82) is 0 Å². The van der Waals surface area contributed by atoms with Crippen LogP contribution in [-0.4, -0.2) is 31.0 Å². The third-order valence-corrected chi connectivity index (χ3v) is 5.43. The SMILES string of the molecule is CCc1ccc2c(c1)c(C(=Nc1ccc(OC)cc1)c1ccccc1)c(O)n2N=S(=O)=O. The molecule has 1 heterocycles. The molecule has 4 aromatic rings. The van der Waals surface area contributed by atoms with Gasteiger partial charge >= 0.3 is 10.5 Å². The average molecular weight is 448 g/mol. The minimum absolute atomic E-state index is 0.298. The molecule has 0 saturated carbocycles. The summed E-state index contributed by atoms with van der Waals surface area (Å²) in [7, 11) is -1.16. The molecule has 3 aromatic carbocycles. The van der Waals surface area contributed by atoms with E-state index in [0.29, 0.717) is 33.6 Å². The van der Waals surface area contributed by atoms with Gasteiger partial charge in [-0.3, -0.25) is 0 Å². The Morgan fingerprint density at radius 2 is 1.75 bits per heavy atom. The summed E-state index contributed by atoms with van der Waals surface area (Å²) in [6, 6.07) is 22.2. The fraction of sp³-hybridized carbons (Fsp3) is 0.125. The van der Waals surface area contributed by atoms with Crippen molar-refractivity contribution in [3.8, 4) is 11.6 Å². The number of ether oxygens (including phenoxy) is 1. The standard InChI is InChI=1S/C24H21N3O4S/c1-3-16-9-14-21-20(15-16)22(24(28)27(21)26-32(29)30)23(17-7-5-4-6-8-17)25-18-10-12-19(31-2)13-11-18/h4-15,28H,3H2,1-2H3. The van der Waals surface area contributed by atoms with Gasteiger partial charge in [-0.2, -0.15) is 13.1 Å². The Morgan fingerprint density at radius 3 is 2.38 bits per heavy atom. The Balaban J connectivity index is 2.06. The number of aromatic nitrogens is 1. The van der Waals surface area contributed by atoms with Crippen LogP contribution in [0.3, 0.4) is 0 Å². The van der Waals surface area contributed by atoms with Crippen LogP contribution in [0.2, 0.25) is 0 Å². The Hall–Kier alpha value is -3.91. The van der Waals surface area contributed by atoms with E-state index in [-0.39, 0.29) is 5.88 Å². The van der Waals surface area contributed by atoms with E-state index in [4.69, 9.17) is 9.73 Å². The monoisotopic (exact) mass is 447 g/mol. The fourth-order valence-corrected chi connectivity index (χ4v) is 3.86. The average Bonchev–Trinajstić information content (AvgIpc) is 3.08. The van der Waals surface area contributed by atoms with Gasteiger partial charge in [0.25, 0.3) is 0 Å². The number of aliphatic imine (C=N–C) groups is 1. The molecule has 0 aliphatic heterocycles. The third kappa shape index (κ3) is 4.13.